The van der Waals surface area contributed by atoms with Crippen LogP contribution in [0.1, 0.15) is 6.92 Å². The van der Waals surface area contributed by atoms with Gasteiger partial charge in [-0.15, -0.1) is 0 Å². The Hall–Kier alpha value is -0.360. The molecule has 0 bridgehead atoms. The monoisotopic (exact) mass is 310 g/mol. The van der Waals surface area contributed by atoms with E-state index in [9.17, 15) is 30.6 Å². The molecule has 6 N–H and O–H groups in total. The predicted molar refractivity (Wildman–Crippen MR) is 66.1 cm³/mol. The Bertz CT molecular complexity index is 341. The molecule has 0 aromatic carbocycles. The molecule has 2 rings (SSSR count). The van der Waals surface area contributed by atoms with Crippen molar-refractivity contribution < 1.29 is 44.8 Å². The van der Waals surface area contributed by atoms with E-state index in [1.807, 2.05) is 0 Å². The van der Waals surface area contributed by atoms with E-state index in [0.29, 0.717) is 0 Å². The average Bonchev–Trinajstić information content (AvgIpc) is 2.46. The highest BCUT2D eigenvalue weighted by Gasteiger charge is 2.44. The summed E-state index contributed by atoms with van der Waals surface area (Å²) in [6, 6.07) is 0. The summed E-state index contributed by atoms with van der Waals surface area (Å²) in [6.45, 7) is 1.14. The van der Waals surface area contributed by atoms with Crippen molar-refractivity contribution in [2.45, 2.75) is 62.0 Å². The van der Waals surface area contributed by atoms with Gasteiger partial charge in [0.25, 0.3) is 0 Å². The van der Waals surface area contributed by atoms with E-state index in [2.05, 4.69) is 0 Å². The van der Waals surface area contributed by atoms with Crippen molar-refractivity contribution in [2.24, 2.45) is 0 Å². The molecule has 124 valence electrons. The molecule has 0 aromatic rings. The van der Waals surface area contributed by atoms with E-state index in [4.69, 9.17) is 14.2 Å². The highest BCUT2D eigenvalue weighted by Crippen LogP contribution is 2.23. The van der Waals surface area contributed by atoms with Crippen LogP contribution in [0, 0.1) is 0 Å². The summed E-state index contributed by atoms with van der Waals surface area (Å²) in [4.78, 5) is 0. The van der Waals surface area contributed by atoms with E-state index in [0.717, 1.165) is 0 Å². The fraction of sp³-hybridized carbons (Fsp3) is 1.00. The van der Waals surface area contributed by atoms with Crippen molar-refractivity contribution in [1.29, 1.82) is 0 Å². The first-order chi connectivity index (χ1) is 9.82. The van der Waals surface area contributed by atoms with Gasteiger partial charge in [-0.05, 0) is 6.92 Å². The van der Waals surface area contributed by atoms with Gasteiger partial charge in [-0.1, -0.05) is 0 Å². The van der Waals surface area contributed by atoms with Crippen LogP contribution < -0.4 is 0 Å². The Morgan fingerprint density at radius 3 is 2.24 bits per heavy atom. The minimum atomic E-state index is -1.45. The Balaban J connectivity index is 1.88. The number of rotatable bonds is 3. The van der Waals surface area contributed by atoms with Gasteiger partial charge < -0.3 is 44.8 Å². The van der Waals surface area contributed by atoms with Gasteiger partial charge in [-0.25, -0.2) is 0 Å². The molecule has 2 aliphatic heterocycles. The zero-order valence-electron chi connectivity index (χ0n) is 11.5. The number of hydrogen-bond acceptors (Lipinski definition) is 9. The fourth-order valence-corrected chi connectivity index (χ4v) is 2.35. The molecule has 21 heavy (non-hydrogen) atoms. The molecule has 0 aromatic heterocycles. The summed E-state index contributed by atoms with van der Waals surface area (Å²) < 4.78 is 15.6. The Kier molecular flexibility index (Phi) is 5.52. The molecule has 2 fully saturated rings. The van der Waals surface area contributed by atoms with Crippen molar-refractivity contribution in [3.05, 3.63) is 0 Å². The predicted octanol–water partition coefficient (Wildman–Crippen LogP) is -3.69. The summed E-state index contributed by atoms with van der Waals surface area (Å²) in [5, 5.41) is 57.5. The van der Waals surface area contributed by atoms with Crippen molar-refractivity contribution >= 4 is 0 Å². The Labute approximate surface area is 121 Å². The molecule has 0 spiro atoms. The van der Waals surface area contributed by atoms with Gasteiger partial charge in [0, 0.05) is 0 Å². The molecule has 9 heteroatoms. The first-order valence-corrected chi connectivity index (χ1v) is 6.80. The molecule has 2 aliphatic rings. The van der Waals surface area contributed by atoms with E-state index in [1.165, 1.54) is 6.92 Å². The van der Waals surface area contributed by atoms with Crippen LogP contribution in [0.25, 0.3) is 0 Å². The third-order valence-corrected chi connectivity index (χ3v) is 3.84. The van der Waals surface area contributed by atoms with Gasteiger partial charge in [-0.2, -0.15) is 0 Å². The van der Waals surface area contributed by atoms with Crippen LogP contribution in [0.4, 0.5) is 0 Å². The van der Waals surface area contributed by atoms with Crippen molar-refractivity contribution in [3.8, 4) is 0 Å². The summed E-state index contributed by atoms with van der Waals surface area (Å²) in [5.74, 6) is 0. The SMILES string of the molecule is C[C@H]1OC(OC[C@H]2OC[C@H](O)[C@@H](O)[C@@H]2O)[C@H](O)[C@@H](O)[C@@H]1O. The minimum absolute atomic E-state index is 0.155. The summed E-state index contributed by atoms with van der Waals surface area (Å²) in [6.07, 6.45) is -10.8. The molecule has 0 amide bonds. The van der Waals surface area contributed by atoms with Crippen LogP contribution in [-0.4, -0.2) is 99.0 Å². The van der Waals surface area contributed by atoms with Crippen LogP contribution in [0.3, 0.4) is 0 Å². The number of aliphatic hydroxyl groups is 6. The van der Waals surface area contributed by atoms with Gasteiger partial charge in [0.2, 0.25) is 0 Å². The van der Waals surface area contributed by atoms with E-state index >= 15 is 0 Å². The third-order valence-electron chi connectivity index (χ3n) is 3.84. The Morgan fingerprint density at radius 2 is 1.57 bits per heavy atom. The Morgan fingerprint density at radius 1 is 0.905 bits per heavy atom. The summed E-state index contributed by atoms with van der Waals surface area (Å²) in [5.41, 5.74) is 0. The smallest absolute Gasteiger partial charge is 0.186 e. The van der Waals surface area contributed by atoms with E-state index in [-0.39, 0.29) is 13.2 Å². The summed E-state index contributed by atoms with van der Waals surface area (Å²) >= 11 is 0. The second kappa shape index (κ2) is 6.82. The van der Waals surface area contributed by atoms with Crippen LogP contribution >= 0.6 is 0 Å². The lowest BCUT2D eigenvalue weighted by molar-refractivity contribution is -0.304. The van der Waals surface area contributed by atoms with Crippen molar-refractivity contribution in [1.82, 2.24) is 0 Å². The molecular formula is C12H22O9. The molecular weight excluding hydrogens is 288 g/mol. The van der Waals surface area contributed by atoms with Crippen LogP contribution in [0.2, 0.25) is 0 Å². The molecule has 0 saturated carbocycles. The lowest BCUT2D eigenvalue weighted by Crippen LogP contribution is -2.59. The lowest BCUT2D eigenvalue weighted by Gasteiger charge is -2.40. The molecule has 9 nitrogen and oxygen atoms in total. The molecule has 0 aliphatic carbocycles. The van der Waals surface area contributed by atoms with Gasteiger partial charge in [-0.3, -0.25) is 0 Å². The zero-order valence-corrected chi connectivity index (χ0v) is 11.5. The number of aliphatic hydroxyl groups excluding tert-OH is 6. The normalized spacial score (nSPS) is 51.9. The average molecular weight is 310 g/mol. The van der Waals surface area contributed by atoms with Crippen molar-refractivity contribution in [3.63, 3.8) is 0 Å². The van der Waals surface area contributed by atoms with Crippen molar-refractivity contribution in [2.75, 3.05) is 13.2 Å². The second-order valence-electron chi connectivity index (χ2n) is 5.44. The quantitative estimate of drug-likeness (QED) is 0.310. The number of ether oxygens (including phenoxy) is 3. The number of hydrogen-bond donors (Lipinski definition) is 6. The van der Waals surface area contributed by atoms with Gasteiger partial charge >= 0.3 is 0 Å². The maximum absolute atomic E-state index is 9.76. The molecule has 9 atom stereocenters. The molecule has 2 saturated heterocycles. The summed E-state index contributed by atoms with van der Waals surface area (Å²) in [7, 11) is 0. The third kappa shape index (κ3) is 3.52. The van der Waals surface area contributed by atoms with Crippen LogP contribution in [0.5, 0.6) is 0 Å². The van der Waals surface area contributed by atoms with E-state index < -0.39 is 55.1 Å². The minimum Gasteiger partial charge on any atom is -0.388 e. The van der Waals surface area contributed by atoms with E-state index in [1.54, 1.807) is 0 Å². The first kappa shape index (κ1) is 17.0. The van der Waals surface area contributed by atoms with Gasteiger partial charge in [0.15, 0.2) is 6.29 Å². The van der Waals surface area contributed by atoms with Crippen LogP contribution in [0.15, 0.2) is 0 Å². The zero-order chi connectivity index (χ0) is 15.7. The fourth-order valence-electron chi connectivity index (χ4n) is 2.35. The topological polar surface area (TPSA) is 149 Å². The van der Waals surface area contributed by atoms with Crippen LogP contribution in [-0.2, 0) is 14.2 Å². The standard InChI is InChI=1S/C12H22O9/c1-4-7(14)10(17)11(18)12(21-4)20-3-6-9(16)8(15)5(13)2-19-6/h4-18H,2-3H2,1H3/t4-,5+,6-,7-,8-,9-,10+,11-,12?/m1/s1. The van der Waals surface area contributed by atoms with Gasteiger partial charge in [0.1, 0.15) is 42.7 Å². The highest BCUT2D eigenvalue weighted by atomic mass is 16.7. The maximum Gasteiger partial charge on any atom is 0.186 e. The molecule has 1 unspecified atom stereocenters. The first-order valence-electron chi connectivity index (χ1n) is 6.80. The second-order valence-corrected chi connectivity index (χ2v) is 5.44. The molecule has 0 radical (unpaired) electrons. The lowest BCUT2D eigenvalue weighted by atomic mass is 9.99. The molecule has 2 heterocycles. The largest absolute Gasteiger partial charge is 0.388 e. The van der Waals surface area contributed by atoms with Gasteiger partial charge in [0.05, 0.1) is 19.3 Å². The highest BCUT2D eigenvalue weighted by molar-refractivity contribution is 4.89. The maximum atomic E-state index is 9.76.